The predicted molar refractivity (Wildman–Crippen MR) is 87.2 cm³/mol. The van der Waals surface area contributed by atoms with Gasteiger partial charge >= 0.3 is 0 Å². The lowest BCUT2D eigenvalue weighted by Crippen LogP contribution is -2.32. The molecule has 1 unspecified atom stereocenters. The van der Waals surface area contributed by atoms with Gasteiger partial charge in [-0.15, -0.1) is 0 Å². The largest absolute Gasteiger partial charge is 0.339 e. The van der Waals surface area contributed by atoms with E-state index in [0.717, 1.165) is 36.3 Å². The highest BCUT2D eigenvalue weighted by atomic mass is 79.9. The van der Waals surface area contributed by atoms with E-state index in [4.69, 9.17) is 0 Å². The van der Waals surface area contributed by atoms with Gasteiger partial charge in [-0.3, -0.25) is 4.79 Å². The van der Waals surface area contributed by atoms with Crippen molar-refractivity contribution in [2.45, 2.75) is 44.4 Å². The van der Waals surface area contributed by atoms with Crippen LogP contribution in [0.5, 0.6) is 0 Å². The molecule has 0 aromatic heterocycles. The van der Waals surface area contributed by atoms with Gasteiger partial charge in [-0.25, -0.2) is 0 Å². The first kappa shape index (κ1) is 15.6. The van der Waals surface area contributed by atoms with Gasteiger partial charge in [-0.1, -0.05) is 47.8 Å². The first-order valence-corrected chi connectivity index (χ1v) is 8.81. The maximum Gasteiger partial charge on any atom is 0.253 e. The molecule has 0 N–H and O–H groups in total. The standard InChI is InChI=1S/C17H24BrNO/c1-2-4-14-5-3-11-19(12-10-14)17(20)16-8-6-15(13-18)7-9-16/h6-9,14H,2-5,10-13H2,1H3. The molecule has 1 aliphatic heterocycles. The van der Waals surface area contributed by atoms with E-state index in [0.29, 0.717) is 0 Å². The second-order valence-electron chi connectivity index (χ2n) is 5.71. The topological polar surface area (TPSA) is 20.3 Å². The Morgan fingerprint density at radius 1 is 1.25 bits per heavy atom. The van der Waals surface area contributed by atoms with Gasteiger partial charge in [0.2, 0.25) is 0 Å². The number of hydrogen-bond acceptors (Lipinski definition) is 1. The van der Waals surface area contributed by atoms with Gasteiger partial charge in [0.05, 0.1) is 0 Å². The lowest BCUT2D eigenvalue weighted by Gasteiger charge is -2.21. The maximum absolute atomic E-state index is 12.5. The molecule has 1 aromatic rings. The minimum Gasteiger partial charge on any atom is -0.339 e. The molecule has 2 rings (SSSR count). The van der Waals surface area contributed by atoms with E-state index >= 15 is 0 Å². The first-order valence-electron chi connectivity index (χ1n) is 7.68. The van der Waals surface area contributed by atoms with Crippen LogP contribution in [-0.2, 0) is 5.33 Å². The molecular formula is C17H24BrNO. The summed E-state index contributed by atoms with van der Waals surface area (Å²) in [7, 11) is 0. The Morgan fingerprint density at radius 3 is 2.65 bits per heavy atom. The Balaban J connectivity index is 1.97. The van der Waals surface area contributed by atoms with Crippen LogP contribution in [0, 0.1) is 5.92 Å². The quantitative estimate of drug-likeness (QED) is 0.734. The Morgan fingerprint density at radius 2 is 2.00 bits per heavy atom. The van der Waals surface area contributed by atoms with Crippen molar-refractivity contribution in [2.75, 3.05) is 13.1 Å². The van der Waals surface area contributed by atoms with E-state index in [1.54, 1.807) is 0 Å². The Kier molecular flexibility index (Phi) is 6.08. The average Bonchev–Trinajstić information content (AvgIpc) is 2.73. The van der Waals surface area contributed by atoms with Gasteiger partial charge in [0.15, 0.2) is 0 Å². The summed E-state index contributed by atoms with van der Waals surface area (Å²) in [5.74, 6) is 1.01. The number of carbonyl (C=O) groups is 1. The number of hydrogen-bond donors (Lipinski definition) is 0. The number of rotatable bonds is 4. The molecule has 3 heteroatoms. The van der Waals surface area contributed by atoms with Crippen molar-refractivity contribution in [1.29, 1.82) is 0 Å². The van der Waals surface area contributed by atoms with Crippen molar-refractivity contribution >= 4 is 21.8 Å². The van der Waals surface area contributed by atoms with Gasteiger partial charge in [0.1, 0.15) is 0 Å². The molecule has 2 nitrogen and oxygen atoms in total. The fourth-order valence-electron chi connectivity index (χ4n) is 2.98. The number of amides is 1. The number of nitrogens with zero attached hydrogens (tertiary/aromatic N) is 1. The number of benzene rings is 1. The third kappa shape index (κ3) is 4.08. The highest BCUT2D eigenvalue weighted by Gasteiger charge is 2.21. The van der Waals surface area contributed by atoms with Crippen molar-refractivity contribution < 1.29 is 4.79 Å². The summed E-state index contributed by atoms with van der Waals surface area (Å²) in [4.78, 5) is 14.6. The Labute approximate surface area is 130 Å². The normalized spacial score (nSPS) is 19.7. The zero-order valence-electron chi connectivity index (χ0n) is 12.3. The molecule has 1 saturated heterocycles. The van der Waals surface area contributed by atoms with Crippen molar-refractivity contribution in [2.24, 2.45) is 5.92 Å². The van der Waals surface area contributed by atoms with Gasteiger partial charge in [0, 0.05) is 24.0 Å². The van der Waals surface area contributed by atoms with E-state index in [9.17, 15) is 4.79 Å². The van der Waals surface area contributed by atoms with Crippen LogP contribution in [0.1, 0.15) is 54.9 Å². The molecule has 20 heavy (non-hydrogen) atoms. The summed E-state index contributed by atoms with van der Waals surface area (Å²) in [5.41, 5.74) is 2.03. The van der Waals surface area contributed by atoms with Crippen molar-refractivity contribution in [3.63, 3.8) is 0 Å². The summed E-state index contributed by atoms with van der Waals surface area (Å²) in [6, 6.07) is 7.96. The van der Waals surface area contributed by atoms with Gasteiger partial charge in [-0.2, -0.15) is 0 Å². The van der Waals surface area contributed by atoms with E-state index in [-0.39, 0.29) is 5.91 Å². The van der Waals surface area contributed by atoms with Crippen molar-refractivity contribution in [3.05, 3.63) is 35.4 Å². The minimum absolute atomic E-state index is 0.197. The number of likely N-dealkylation sites (tertiary alicyclic amines) is 1. The third-order valence-electron chi connectivity index (χ3n) is 4.19. The van der Waals surface area contributed by atoms with Crippen LogP contribution < -0.4 is 0 Å². The monoisotopic (exact) mass is 337 g/mol. The summed E-state index contributed by atoms with van der Waals surface area (Å²) in [6.45, 7) is 4.09. The zero-order chi connectivity index (χ0) is 14.4. The zero-order valence-corrected chi connectivity index (χ0v) is 13.9. The summed E-state index contributed by atoms with van der Waals surface area (Å²) >= 11 is 3.43. The molecule has 1 atom stereocenters. The fourth-order valence-corrected chi connectivity index (χ4v) is 3.36. The Hall–Kier alpha value is -0.830. The highest BCUT2D eigenvalue weighted by Crippen LogP contribution is 2.23. The second-order valence-corrected chi connectivity index (χ2v) is 6.27. The van der Waals surface area contributed by atoms with Crippen LogP contribution in [0.3, 0.4) is 0 Å². The van der Waals surface area contributed by atoms with Gasteiger partial charge in [0.25, 0.3) is 5.91 Å². The van der Waals surface area contributed by atoms with Crippen LogP contribution in [0.25, 0.3) is 0 Å². The van der Waals surface area contributed by atoms with Gasteiger partial charge in [-0.05, 0) is 42.9 Å². The van der Waals surface area contributed by atoms with Crippen molar-refractivity contribution in [3.8, 4) is 0 Å². The molecule has 110 valence electrons. The molecule has 0 aliphatic carbocycles. The molecule has 0 spiro atoms. The Bertz CT molecular complexity index is 429. The maximum atomic E-state index is 12.5. The SMILES string of the molecule is CCCC1CCCN(C(=O)c2ccc(CBr)cc2)CC1. The predicted octanol–water partition coefficient (Wildman–Crippen LogP) is 4.62. The molecular weight excluding hydrogens is 314 g/mol. The summed E-state index contributed by atoms with van der Waals surface area (Å²) < 4.78 is 0. The van der Waals surface area contributed by atoms with Crippen LogP contribution in [0.4, 0.5) is 0 Å². The lowest BCUT2D eigenvalue weighted by molar-refractivity contribution is 0.0760. The van der Waals surface area contributed by atoms with Crippen molar-refractivity contribution in [1.82, 2.24) is 4.90 Å². The van der Waals surface area contributed by atoms with Crippen LogP contribution in [-0.4, -0.2) is 23.9 Å². The number of halogens is 1. The molecule has 1 heterocycles. The van der Waals surface area contributed by atoms with Gasteiger partial charge < -0.3 is 4.90 Å². The van der Waals surface area contributed by atoms with E-state index in [1.807, 2.05) is 29.2 Å². The smallest absolute Gasteiger partial charge is 0.253 e. The average molecular weight is 338 g/mol. The number of carbonyl (C=O) groups excluding carboxylic acids is 1. The highest BCUT2D eigenvalue weighted by molar-refractivity contribution is 9.08. The summed E-state index contributed by atoms with van der Waals surface area (Å²) in [6.07, 6.45) is 6.16. The van der Waals surface area contributed by atoms with Crippen LogP contribution in [0.2, 0.25) is 0 Å². The molecule has 1 amide bonds. The fraction of sp³-hybridized carbons (Fsp3) is 0.588. The minimum atomic E-state index is 0.197. The third-order valence-corrected chi connectivity index (χ3v) is 4.83. The number of alkyl halides is 1. The molecule has 0 bridgehead atoms. The second kappa shape index (κ2) is 7.82. The lowest BCUT2D eigenvalue weighted by atomic mass is 9.96. The van der Waals surface area contributed by atoms with E-state index in [1.165, 1.54) is 31.2 Å². The molecule has 1 aromatic carbocycles. The summed E-state index contributed by atoms with van der Waals surface area (Å²) in [5, 5.41) is 0.837. The van der Waals surface area contributed by atoms with E-state index < -0.39 is 0 Å². The first-order chi connectivity index (χ1) is 9.74. The molecule has 0 saturated carbocycles. The van der Waals surface area contributed by atoms with Crippen LogP contribution in [0.15, 0.2) is 24.3 Å². The van der Waals surface area contributed by atoms with E-state index in [2.05, 4.69) is 22.9 Å². The molecule has 1 aliphatic rings. The molecule has 0 radical (unpaired) electrons. The van der Waals surface area contributed by atoms with Crippen LogP contribution >= 0.6 is 15.9 Å². The molecule has 1 fully saturated rings.